The van der Waals surface area contributed by atoms with Crippen LogP contribution in [0.1, 0.15) is 18.2 Å². The molecular weight excluding hydrogens is 384 g/mol. The Kier molecular flexibility index (Phi) is 5.45. The van der Waals surface area contributed by atoms with Crippen molar-refractivity contribution in [2.24, 2.45) is 0 Å². The number of rotatable bonds is 5. The Balaban J connectivity index is 1.80. The molecule has 0 N–H and O–H groups in total. The highest BCUT2D eigenvalue weighted by Crippen LogP contribution is 2.22. The van der Waals surface area contributed by atoms with Gasteiger partial charge >= 0.3 is 0 Å². The summed E-state index contributed by atoms with van der Waals surface area (Å²) in [6, 6.07) is 22.2. The van der Waals surface area contributed by atoms with Gasteiger partial charge in [0, 0.05) is 10.4 Å². The Morgan fingerprint density at radius 1 is 0.966 bits per heavy atom. The summed E-state index contributed by atoms with van der Waals surface area (Å²) in [6.07, 6.45) is 3.89. The number of benzene rings is 2. The molecular formula is C24H19ClN2O2. The summed E-state index contributed by atoms with van der Waals surface area (Å²) in [5.41, 5.74) is 2.96. The Hall–Kier alpha value is -3.37. The second kappa shape index (κ2) is 8.33. The van der Waals surface area contributed by atoms with E-state index in [-0.39, 0.29) is 5.43 Å². The van der Waals surface area contributed by atoms with Gasteiger partial charge in [-0.25, -0.2) is 4.68 Å². The average molecular weight is 403 g/mol. The number of hydrogen-bond donors (Lipinski definition) is 0. The van der Waals surface area contributed by atoms with Gasteiger partial charge in [0.2, 0.25) is 5.43 Å². The van der Waals surface area contributed by atoms with Gasteiger partial charge in [-0.3, -0.25) is 4.79 Å². The lowest BCUT2D eigenvalue weighted by molar-refractivity contribution is 0.340. The van der Waals surface area contributed by atoms with Crippen LogP contribution < -0.4 is 10.2 Å². The standard InChI is InChI=1S/C24H19ClN2O2/c1-2-29-20-14-7-17(8-15-20)9-16-22-21-5-3-4-6-23(28)24(21)27(26-22)19-12-10-18(25)11-13-19/h3-16H,2H2,1H3. The summed E-state index contributed by atoms with van der Waals surface area (Å²) in [5, 5.41) is 6.12. The molecule has 144 valence electrons. The fourth-order valence-corrected chi connectivity index (χ4v) is 3.26. The Morgan fingerprint density at radius 3 is 2.41 bits per heavy atom. The van der Waals surface area contributed by atoms with Crippen molar-refractivity contribution in [2.75, 3.05) is 6.61 Å². The number of hydrogen-bond acceptors (Lipinski definition) is 3. The van der Waals surface area contributed by atoms with E-state index in [4.69, 9.17) is 21.4 Å². The minimum atomic E-state index is -0.0897. The molecule has 5 heteroatoms. The van der Waals surface area contributed by atoms with Crippen LogP contribution >= 0.6 is 11.6 Å². The maximum Gasteiger partial charge on any atom is 0.204 e. The van der Waals surface area contributed by atoms with Gasteiger partial charge in [-0.15, -0.1) is 0 Å². The molecule has 0 amide bonds. The molecule has 3 aromatic carbocycles. The third-order valence-electron chi connectivity index (χ3n) is 4.50. The quantitative estimate of drug-likeness (QED) is 0.436. The number of halogens is 1. The lowest BCUT2D eigenvalue weighted by Gasteiger charge is -2.02. The summed E-state index contributed by atoms with van der Waals surface area (Å²) in [6.45, 7) is 2.60. The molecule has 0 bridgehead atoms. The zero-order valence-electron chi connectivity index (χ0n) is 15.9. The molecule has 1 heterocycles. The van der Waals surface area contributed by atoms with E-state index in [1.807, 2.05) is 67.6 Å². The second-order valence-corrected chi connectivity index (χ2v) is 6.89. The molecule has 4 rings (SSSR count). The first-order valence-electron chi connectivity index (χ1n) is 9.34. The fourth-order valence-electron chi connectivity index (χ4n) is 3.13. The SMILES string of the molecule is CCOc1ccc(C=Cc2nn(-c3ccc(Cl)cc3)c3c(=O)ccccc23)cc1. The first-order valence-corrected chi connectivity index (χ1v) is 9.72. The highest BCUT2D eigenvalue weighted by Gasteiger charge is 2.12. The molecule has 0 saturated heterocycles. The van der Waals surface area contributed by atoms with Crippen LogP contribution in [0.4, 0.5) is 0 Å². The maximum absolute atomic E-state index is 12.7. The van der Waals surface area contributed by atoms with Gasteiger partial charge in [0.1, 0.15) is 11.3 Å². The van der Waals surface area contributed by atoms with Gasteiger partial charge in [0.05, 0.1) is 18.0 Å². The average Bonchev–Trinajstić information content (AvgIpc) is 2.98. The number of nitrogens with zero attached hydrogens (tertiary/aromatic N) is 2. The molecule has 0 aliphatic rings. The van der Waals surface area contributed by atoms with Crippen LogP contribution in [0.25, 0.3) is 28.7 Å². The summed E-state index contributed by atoms with van der Waals surface area (Å²) >= 11 is 6.01. The lowest BCUT2D eigenvalue weighted by atomic mass is 10.1. The summed E-state index contributed by atoms with van der Waals surface area (Å²) in [5.74, 6) is 0.838. The van der Waals surface area contributed by atoms with Crippen LogP contribution in [0.15, 0.2) is 77.6 Å². The van der Waals surface area contributed by atoms with Crippen molar-refractivity contribution in [3.8, 4) is 11.4 Å². The van der Waals surface area contributed by atoms with E-state index in [0.29, 0.717) is 17.1 Å². The maximum atomic E-state index is 12.7. The normalized spacial score (nSPS) is 11.2. The van der Waals surface area contributed by atoms with E-state index in [1.54, 1.807) is 28.9 Å². The van der Waals surface area contributed by atoms with Crippen molar-refractivity contribution in [2.45, 2.75) is 6.92 Å². The van der Waals surface area contributed by atoms with E-state index in [1.165, 1.54) is 0 Å². The molecule has 0 unspecified atom stereocenters. The molecule has 0 aliphatic carbocycles. The number of ether oxygens (including phenoxy) is 1. The lowest BCUT2D eigenvalue weighted by Crippen LogP contribution is -2.04. The predicted octanol–water partition coefficient (Wildman–Crippen LogP) is 5.61. The first-order chi connectivity index (χ1) is 14.2. The van der Waals surface area contributed by atoms with E-state index >= 15 is 0 Å². The van der Waals surface area contributed by atoms with Crippen molar-refractivity contribution in [1.82, 2.24) is 9.78 Å². The van der Waals surface area contributed by atoms with Crippen molar-refractivity contribution in [3.05, 3.63) is 99.3 Å². The van der Waals surface area contributed by atoms with Crippen molar-refractivity contribution in [1.29, 1.82) is 0 Å². The largest absolute Gasteiger partial charge is 0.494 e. The first kappa shape index (κ1) is 19.0. The van der Waals surface area contributed by atoms with Crippen LogP contribution in [-0.4, -0.2) is 16.4 Å². The van der Waals surface area contributed by atoms with Crippen molar-refractivity contribution >= 4 is 34.7 Å². The zero-order chi connectivity index (χ0) is 20.2. The Morgan fingerprint density at radius 2 is 1.69 bits per heavy atom. The molecule has 4 aromatic rings. The van der Waals surface area contributed by atoms with Gasteiger partial charge < -0.3 is 4.74 Å². The number of fused-ring (bicyclic) bond motifs is 1. The molecule has 4 nitrogen and oxygen atoms in total. The van der Waals surface area contributed by atoms with Gasteiger partial charge in [-0.05, 0) is 61.0 Å². The third kappa shape index (κ3) is 4.08. The second-order valence-electron chi connectivity index (χ2n) is 6.45. The Labute approximate surface area is 173 Å². The topological polar surface area (TPSA) is 44.1 Å². The van der Waals surface area contributed by atoms with Crippen LogP contribution in [-0.2, 0) is 0 Å². The van der Waals surface area contributed by atoms with Crippen molar-refractivity contribution in [3.63, 3.8) is 0 Å². The predicted molar refractivity (Wildman–Crippen MR) is 119 cm³/mol. The Bertz CT molecular complexity index is 1230. The molecule has 0 atom stereocenters. The van der Waals surface area contributed by atoms with E-state index in [0.717, 1.165) is 28.1 Å². The zero-order valence-corrected chi connectivity index (χ0v) is 16.6. The summed E-state index contributed by atoms with van der Waals surface area (Å²) < 4.78 is 7.15. The van der Waals surface area contributed by atoms with Gasteiger partial charge in [0.15, 0.2) is 0 Å². The van der Waals surface area contributed by atoms with E-state index < -0.39 is 0 Å². The highest BCUT2D eigenvalue weighted by atomic mass is 35.5. The fraction of sp³-hybridized carbons (Fsp3) is 0.0833. The van der Waals surface area contributed by atoms with Crippen molar-refractivity contribution < 1.29 is 4.74 Å². The van der Waals surface area contributed by atoms with Crippen LogP contribution in [0.3, 0.4) is 0 Å². The van der Waals surface area contributed by atoms with Crippen LogP contribution in [0.5, 0.6) is 5.75 Å². The van der Waals surface area contributed by atoms with Gasteiger partial charge in [-0.1, -0.05) is 48.0 Å². The smallest absolute Gasteiger partial charge is 0.204 e. The van der Waals surface area contributed by atoms with E-state index in [2.05, 4.69) is 0 Å². The third-order valence-corrected chi connectivity index (χ3v) is 4.75. The summed E-state index contributed by atoms with van der Waals surface area (Å²) in [7, 11) is 0. The van der Waals surface area contributed by atoms with Gasteiger partial charge in [-0.2, -0.15) is 5.10 Å². The molecule has 0 saturated carbocycles. The van der Waals surface area contributed by atoms with Gasteiger partial charge in [0.25, 0.3) is 0 Å². The van der Waals surface area contributed by atoms with E-state index in [9.17, 15) is 4.79 Å². The molecule has 0 radical (unpaired) electrons. The molecule has 0 fully saturated rings. The molecule has 0 spiro atoms. The number of aromatic nitrogens is 2. The molecule has 1 aromatic heterocycles. The van der Waals surface area contributed by atoms with Crippen LogP contribution in [0, 0.1) is 0 Å². The minimum absolute atomic E-state index is 0.0897. The minimum Gasteiger partial charge on any atom is -0.494 e. The molecule has 29 heavy (non-hydrogen) atoms. The van der Waals surface area contributed by atoms with Crippen LogP contribution in [0.2, 0.25) is 5.02 Å². The highest BCUT2D eigenvalue weighted by molar-refractivity contribution is 6.30. The monoisotopic (exact) mass is 402 g/mol. The summed E-state index contributed by atoms with van der Waals surface area (Å²) in [4.78, 5) is 12.7. The molecule has 0 aliphatic heterocycles.